The number of carbonyl (C=O) groups is 2. The maximum absolute atomic E-state index is 13.5. The summed E-state index contributed by atoms with van der Waals surface area (Å²) in [6.07, 6.45) is 5.66. The van der Waals surface area contributed by atoms with Crippen LogP contribution in [-0.4, -0.2) is 59.1 Å². The Bertz CT molecular complexity index is 1260. The fraction of sp³-hybridized carbons (Fsp3) is 0.269. The van der Waals surface area contributed by atoms with Crippen LogP contribution in [0.15, 0.2) is 60.7 Å². The summed E-state index contributed by atoms with van der Waals surface area (Å²) in [7, 11) is 4.39. The number of benzene rings is 2. The second-order valence-corrected chi connectivity index (χ2v) is 8.11. The Kier molecular flexibility index (Phi) is 7.23. The van der Waals surface area contributed by atoms with Crippen LogP contribution in [0.2, 0.25) is 0 Å². The number of hydrogen-bond acceptors (Lipinski definition) is 7. The predicted octanol–water partition coefficient (Wildman–Crippen LogP) is 3.56. The van der Waals surface area contributed by atoms with Crippen molar-refractivity contribution in [3.63, 3.8) is 0 Å². The van der Waals surface area contributed by atoms with Gasteiger partial charge in [0.1, 0.15) is 11.6 Å². The fourth-order valence-corrected chi connectivity index (χ4v) is 4.32. The quantitative estimate of drug-likeness (QED) is 0.275. The van der Waals surface area contributed by atoms with Gasteiger partial charge in [0.2, 0.25) is 5.75 Å². The van der Waals surface area contributed by atoms with E-state index in [-0.39, 0.29) is 17.7 Å². The van der Waals surface area contributed by atoms with Crippen LogP contribution < -0.4 is 14.2 Å². The van der Waals surface area contributed by atoms with Gasteiger partial charge in [-0.3, -0.25) is 9.59 Å². The van der Waals surface area contributed by atoms with Crippen LogP contribution >= 0.6 is 0 Å². The van der Waals surface area contributed by atoms with E-state index in [0.717, 1.165) is 0 Å². The molecule has 0 spiro atoms. The van der Waals surface area contributed by atoms with Crippen molar-refractivity contribution in [2.45, 2.75) is 19.0 Å². The minimum atomic E-state index is -0.938. The molecular weight excluding hydrogens is 469 g/mol. The Morgan fingerprint density at radius 1 is 1.03 bits per heavy atom. The minimum absolute atomic E-state index is 0.108. The number of methoxy groups -OCH3 is 3. The third-order valence-electron chi connectivity index (χ3n) is 6.03. The number of hydrogen-bond donors (Lipinski definition) is 1. The van der Waals surface area contributed by atoms with E-state index in [1.54, 1.807) is 30.9 Å². The van der Waals surface area contributed by atoms with E-state index >= 15 is 0 Å². The molecule has 0 bridgehead atoms. The van der Waals surface area contributed by atoms with Gasteiger partial charge in [-0.1, -0.05) is 0 Å². The van der Waals surface area contributed by atoms with Crippen molar-refractivity contribution in [3.05, 3.63) is 77.6 Å². The van der Waals surface area contributed by atoms with E-state index in [4.69, 9.17) is 14.2 Å². The SMILES string of the molecule is COc1cc(C2/C(=C(/O)c3ccc(F)cc3)C(=O)C(=O)N2CCCn2ccnc2)cc(OC)c1OC. The van der Waals surface area contributed by atoms with Crippen molar-refractivity contribution in [2.75, 3.05) is 27.9 Å². The van der Waals surface area contributed by atoms with Crippen LogP contribution in [0.25, 0.3) is 5.76 Å². The van der Waals surface area contributed by atoms with Gasteiger partial charge >= 0.3 is 0 Å². The molecule has 1 fully saturated rings. The van der Waals surface area contributed by atoms with Crippen molar-refractivity contribution in [1.82, 2.24) is 14.5 Å². The Balaban J connectivity index is 1.83. The molecule has 2 heterocycles. The standard InChI is InChI=1S/C26H26FN3O6/c1-34-19-13-17(14-20(35-2)25(19)36-3)22-21(23(31)16-5-7-18(27)8-6-16)24(32)26(33)30(22)11-4-10-29-12-9-28-15-29/h5-9,12-15,22,31H,4,10-11H2,1-3H3/b23-21-. The molecular formula is C26H26FN3O6. The first-order chi connectivity index (χ1) is 17.4. The topological polar surface area (TPSA) is 103 Å². The lowest BCUT2D eigenvalue weighted by molar-refractivity contribution is -0.139. The van der Waals surface area contributed by atoms with Crippen molar-refractivity contribution in [2.24, 2.45) is 0 Å². The van der Waals surface area contributed by atoms with Crippen LogP contribution in [-0.2, 0) is 16.1 Å². The third-order valence-corrected chi connectivity index (χ3v) is 6.03. The number of imidazole rings is 1. The summed E-state index contributed by atoms with van der Waals surface area (Å²) < 4.78 is 31.7. The number of aliphatic hydroxyl groups is 1. The van der Waals surface area contributed by atoms with Crippen LogP contribution in [0.5, 0.6) is 17.2 Å². The number of aryl methyl sites for hydroxylation is 1. The van der Waals surface area contributed by atoms with Crippen molar-refractivity contribution in [1.29, 1.82) is 0 Å². The Hall–Kier alpha value is -4.34. The highest BCUT2D eigenvalue weighted by molar-refractivity contribution is 6.46. The summed E-state index contributed by atoms with van der Waals surface area (Å²) in [6, 6.07) is 7.38. The van der Waals surface area contributed by atoms with Gasteiger partial charge in [0.15, 0.2) is 11.5 Å². The molecule has 10 heteroatoms. The molecule has 9 nitrogen and oxygen atoms in total. The number of rotatable bonds is 9. The predicted molar refractivity (Wildman–Crippen MR) is 128 cm³/mol. The van der Waals surface area contributed by atoms with Gasteiger partial charge in [-0.15, -0.1) is 0 Å². The Morgan fingerprint density at radius 2 is 1.69 bits per heavy atom. The fourth-order valence-electron chi connectivity index (χ4n) is 4.32. The number of amides is 1. The van der Waals surface area contributed by atoms with Crippen molar-refractivity contribution >= 4 is 17.4 Å². The lowest BCUT2D eigenvalue weighted by Gasteiger charge is -2.26. The van der Waals surface area contributed by atoms with Gasteiger partial charge in [-0.25, -0.2) is 9.37 Å². The molecule has 1 aliphatic heterocycles. The number of aromatic nitrogens is 2. The highest BCUT2D eigenvalue weighted by atomic mass is 19.1. The van der Waals surface area contributed by atoms with Gasteiger partial charge in [-0.05, 0) is 48.4 Å². The normalized spacial score (nSPS) is 16.9. The smallest absolute Gasteiger partial charge is 0.295 e. The van der Waals surface area contributed by atoms with Crippen LogP contribution in [0.1, 0.15) is 23.6 Å². The summed E-state index contributed by atoms with van der Waals surface area (Å²) >= 11 is 0. The second kappa shape index (κ2) is 10.5. The summed E-state index contributed by atoms with van der Waals surface area (Å²) in [4.78, 5) is 31.8. The summed E-state index contributed by atoms with van der Waals surface area (Å²) in [5.74, 6) is -1.47. The molecule has 188 valence electrons. The minimum Gasteiger partial charge on any atom is -0.507 e. The zero-order valence-corrected chi connectivity index (χ0v) is 20.1. The first-order valence-corrected chi connectivity index (χ1v) is 11.2. The molecule has 0 radical (unpaired) electrons. The molecule has 1 saturated heterocycles. The number of aliphatic hydroxyl groups excluding tert-OH is 1. The summed E-state index contributed by atoms with van der Waals surface area (Å²) in [5.41, 5.74) is 0.587. The molecule has 4 rings (SSSR count). The molecule has 0 saturated carbocycles. The van der Waals surface area contributed by atoms with Gasteiger partial charge < -0.3 is 28.8 Å². The maximum Gasteiger partial charge on any atom is 0.295 e. The number of carbonyl (C=O) groups excluding carboxylic acids is 2. The molecule has 0 aliphatic carbocycles. The first kappa shape index (κ1) is 24.8. The number of ether oxygens (including phenoxy) is 3. The number of likely N-dealkylation sites (tertiary alicyclic amines) is 1. The molecule has 1 N–H and O–H groups in total. The van der Waals surface area contributed by atoms with Gasteiger partial charge in [-0.2, -0.15) is 0 Å². The highest BCUT2D eigenvalue weighted by Gasteiger charge is 2.46. The Labute approximate surface area is 207 Å². The van der Waals surface area contributed by atoms with E-state index in [1.165, 1.54) is 50.5 Å². The number of Topliss-reactive ketones (excluding diaryl/α,β-unsaturated/α-hetero) is 1. The first-order valence-electron chi connectivity index (χ1n) is 11.2. The van der Waals surface area contributed by atoms with E-state index < -0.39 is 29.3 Å². The maximum atomic E-state index is 13.5. The van der Waals surface area contributed by atoms with E-state index in [9.17, 15) is 19.1 Å². The van der Waals surface area contributed by atoms with Crippen LogP contribution in [0, 0.1) is 5.82 Å². The molecule has 1 aromatic heterocycles. The average molecular weight is 496 g/mol. The molecule has 3 aromatic rings. The van der Waals surface area contributed by atoms with Crippen molar-refractivity contribution < 1.29 is 33.3 Å². The van der Waals surface area contributed by atoms with Crippen LogP contribution in [0.3, 0.4) is 0 Å². The lowest BCUT2D eigenvalue weighted by atomic mass is 9.94. The third kappa shape index (κ3) is 4.61. The molecule has 36 heavy (non-hydrogen) atoms. The summed E-state index contributed by atoms with van der Waals surface area (Å²) in [5, 5.41) is 11.1. The number of nitrogens with zero attached hydrogens (tertiary/aromatic N) is 3. The van der Waals surface area contributed by atoms with Gasteiger partial charge in [0, 0.05) is 31.0 Å². The van der Waals surface area contributed by atoms with Crippen LogP contribution in [0.4, 0.5) is 4.39 Å². The molecule has 2 aromatic carbocycles. The van der Waals surface area contributed by atoms with Gasteiger partial charge in [0.05, 0.1) is 39.3 Å². The van der Waals surface area contributed by atoms with Gasteiger partial charge in [0.25, 0.3) is 11.7 Å². The lowest BCUT2D eigenvalue weighted by Crippen LogP contribution is -2.31. The zero-order valence-electron chi connectivity index (χ0n) is 20.1. The summed E-state index contributed by atoms with van der Waals surface area (Å²) in [6.45, 7) is 0.799. The molecule has 1 aliphatic rings. The zero-order chi connectivity index (χ0) is 25.8. The van der Waals surface area contributed by atoms with E-state index in [1.807, 2.05) is 4.57 Å². The molecule has 1 unspecified atom stereocenters. The molecule has 1 atom stereocenters. The monoisotopic (exact) mass is 495 g/mol. The highest BCUT2D eigenvalue weighted by Crippen LogP contribution is 2.45. The number of halogens is 1. The largest absolute Gasteiger partial charge is 0.507 e. The Morgan fingerprint density at radius 3 is 2.25 bits per heavy atom. The average Bonchev–Trinajstić information content (AvgIpc) is 3.50. The van der Waals surface area contributed by atoms with E-state index in [2.05, 4.69) is 4.98 Å². The van der Waals surface area contributed by atoms with Crippen molar-refractivity contribution in [3.8, 4) is 17.2 Å². The molecule has 1 amide bonds. The second-order valence-electron chi connectivity index (χ2n) is 8.11. The number of ketones is 1. The van der Waals surface area contributed by atoms with E-state index in [0.29, 0.717) is 35.8 Å².